The van der Waals surface area contributed by atoms with E-state index in [1.165, 1.54) is 12.0 Å². The van der Waals surface area contributed by atoms with Crippen molar-refractivity contribution in [2.75, 3.05) is 6.54 Å². The van der Waals surface area contributed by atoms with Gasteiger partial charge in [-0.1, -0.05) is 23.7 Å². The molecule has 2 rings (SSSR count). The van der Waals surface area contributed by atoms with Crippen molar-refractivity contribution < 1.29 is 0 Å². The number of hydrogen-bond acceptors (Lipinski definition) is 2. The van der Waals surface area contributed by atoms with Gasteiger partial charge >= 0.3 is 0 Å². The molecule has 0 radical (unpaired) electrons. The third-order valence-corrected chi connectivity index (χ3v) is 2.50. The van der Waals surface area contributed by atoms with E-state index in [1.54, 1.807) is 0 Å². The molecule has 0 fully saturated rings. The van der Waals surface area contributed by atoms with Gasteiger partial charge in [0.25, 0.3) is 0 Å². The summed E-state index contributed by atoms with van der Waals surface area (Å²) in [6, 6.07) is 7.90. The van der Waals surface area contributed by atoms with Crippen molar-refractivity contribution in [3.05, 3.63) is 34.9 Å². The van der Waals surface area contributed by atoms with Crippen LogP contribution in [0.25, 0.3) is 0 Å². The first kappa shape index (κ1) is 9.53. The molecule has 1 heterocycles. The summed E-state index contributed by atoms with van der Waals surface area (Å²) in [7, 11) is 0. The Kier molecular flexibility index (Phi) is 3.04. The molecule has 2 nitrogen and oxygen atoms in total. The zero-order chi connectivity index (χ0) is 9.80. The van der Waals surface area contributed by atoms with Gasteiger partial charge in [-0.25, -0.2) is 0 Å². The highest BCUT2D eigenvalue weighted by atomic mass is 35.5. The van der Waals surface area contributed by atoms with E-state index >= 15 is 0 Å². The Morgan fingerprint density at radius 2 is 2.36 bits per heavy atom. The van der Waals surface area contributed by atoms with Crippen LogP contribution in [0.4, 0.5) is 0 Å². The van der Waals surface area contributed by atoms with Crippen molar-refractivity contribution >= 4 is 17.4 Å². The van der Waals surface area contributed by atoms with Gasteiger partial charge in [0.15, 0.2) is 0 Å². The van der Waals surface area contributed by atoms with Gasteiger partial charge in [-0.15, -0.1) is 0 Å². The minimum atomic E-state index is 0.790. The largest absolute Gasteiger partial charge is 0.370 e. The molecule has 0 amide bonds. The second-order valence-corrected chi connectivity index (χ2v) is 3.85. The van der Waals surface area contributed by atoms with Crippen molar-refractivity contribution in [1.29, 1.82) is 0 Å². The SMILES string of the molecule is Clc1cccc(CNC2=NCCC2)c1. The lowest BCUT2D eigenvalue weighted by molar-refractivity contribution is 0.888. The van der Waals surface area contributed by atoms with Crippen LogP contribution in [0.3, 0.4) is 0 Å². The predicted molar refractivity (Wildman–Crippen MR) is 59.8 cm³/mol. The molecule has 0 saturated carbocycles. The quantitative estimate of drug-likeness (QED) is 0.794. The van der Waals surface area contributed by atoms with E-state index in [9.17, 15) is 0 Å². The number of nitrogens with one attached hydrogen (secondary N) is 1. The Morgan fingerprint density at radius 1 is 1.43 bits per heavy atom. The number of hydrogen-bond donors (Lipinski definition) is 1. The maximum Gasteiger partial charge on any atom is 0.0966 e. The summed E-state index contributed by atoms with van der Waals surface area (Å²) in [6.07, 6.45) is 2.26. The number of amidine groups is 1. The maximum absolute atomic E-state index is 5.88. The van der Waals surface area contributed by atoms with Crippen LogP contribution in [0, 0.1) is 0 Å². The van der Waals surface area contributed by atoms with Gasteiger partial charge in [0, 0.05) is 24.5 Å². The van der Waals surface area contributed by atoms with Gasteiger partial charge in [-0.2, -0.15) is 0 Å². The maximum atomic E-state index is 5.88. The Hall–Kier alpha value is -1.02. The highest BCUT2D eigenvalue weighted by Gasteiger charge is 2.04. The normalized spacial score (nSPS) is 15.4. The molecule has 0 aliphatic carbocycles. The van der Waals surface area contributed by atoms with Crippen LogP contribution in [0.5, 0.6) is 0 Å². The molecule has 0 spiro atoms. The lowest BCUT2D eigenvalue weighted by Gasteiger charge is -2.05. The number of benzene rings is 1. The Labute approximate surface area is 89.0 Å². The third kappa shape index (κ3) is 2.48. The number of halogens is 1. The standard InChI is InChI=1S/C11H13ClN2/c12-10-4-1-3-9(7-10)8-14-11-5-2-6-13-11/h1,3-4,7H,2,5-6,8H2,(H,13,14). The van der Waals surface area contributed by atoms with Crippen LogP contribution in [-0.2, 0) is 6.54 Å². The van der Waals surface area contributed by atoms with E-state index < -0.39 is 0 Å². The molecule has 74 valence electrons. The predicted octanol–water partition coefficient (Wildman–Crippen LogP) is 2.62. The molecular weight excluding hydrogens is 196 g/mol. The topological polar surface area (TPSA) is 24.4 Å². The first-order valence-electron chi connectivity index (χ1n) is 4.86. The number of nitrogens with zero attached hydrogens (tertiary/aromatic N) is 1. The van der Waals surface area contributed by atoms with Crippen LogP contribution in [-0.4, -0.2) is 12.4 Å². The van der Waals surface area contributed by atoms with E-state index in [-0.39, 0.29) is 0 Å². The fraction of sp³-hybridized carbons (Fsp3) is 0.364. The Morgan fingerprint density at radius 3 is 3.07 bits per heavy atom. The Bertz CT molecular complexity index is 347. The van der Waals surface area contributed by atoms with Crippen molar-refractivity contribution in [1.82, 2.24) is 5.32 Å². The van der Waals surface area contributed by atoms with Gasteiger partial charge in [0.05, 0.1) is 5.84 Å². The summed E-state index contributed by atoms with van der Waals surface area (Å²) in [4.78, 5) is 4.35. The fourth-order valence-corrected chi connectivity index (χ4v) is 1.75. The van der Waals surface area contributed by atoms with Crippen molar-refractivity contribution in [2.24, 2.45) is 4.99 Å². The van der Waals surface area contributed by atoms with E-state index in [2.05, 4.69) is 16.4 Å². The average Bonchev–Trinajstić information content (AvgIpc) is 2.67. The summed E-state index contributed by atoms with van der Waals surface area (Å²) in [6.45, 7) is 1.79. The molecule has 1 N–H and O–H groups in total. The van der Waals surface area contributed by atoms with Crippen molar-refractivity contribution in [3.8, 4) is 0 Å². The lowest BCUT2D eigenvalue weighted by Crippen LogP contribution is -2.20. The van der Waals surface area contributed by atoms with Gasteiger partial charge in [-0.05, 0) is 24.1 Å². The molecule has 1 aromatic carbocycles. The monoisotopic (exact) mass is 208 g/mol. The number of rotatable bonds is 2. The summed E-state index contributed by atoms with van der Waals surface area (Å²) < 4.78 is 0. The molecule has 0 atom stereocenters. The smallest absolute Gasteiger partial charge is 0.0966 e. The van der Waals surface area contributed by atoms with E-state index in [1.807, 2.05) is 18.2 Å². The molecule has 0 bridgehead atoms. The first-order valence-corrected chi connectivity index (χ1v) is 5.24. The zero-order valence-corrected chi connectivity index (χ0v) is 8.72. The van der Waals surface area contributed by atoms with Gasteiger partial charge in [-0.3, -0.25) is 4.99 Å². The summed E-state index contributed by atoms with van der Waals surface area (Å²) in [5.74, 6) is 1.13. The van der Waals surface area contributed by atoms with Crippen LogP contribution in [0.1, 0.15) is 18.4 Å². The summed E-state index contributed by atoms with van der Waals surface area (Å²) in [5, 5.41) is 4.11. The van der Waals surface area contributed by atoms with E-state index in [0.29, 0.717) is 0 Å². The minimum Gasteiger partial charge on any atom is -0.370 e. The van der Waals surface area contributed by atoms with Gasteiger partial charge in [0.1, 0.15) is 0 Å². The first-order chi connectivity index (χ1) is 6.84. The second kappa shape index (κ2) is 4.47. The fourth-order valence-electron chi connectivity index (χ4n) is 1.53. The average molecular weight is 209 g/mol. The van der Waals surface area contributed by atoms with Crippen molar-refractivity contribution in [3.63, 3.8) is 0 Å². The molecule has 3 heteroatoms. The second-order valence-electron chi connectivity index (χ2n) is 3.42. The molecule has 1 aliphatic rings. The lowest BCUT2D eigenvalue weighted by atomic mass is 10.2. The molecule has 0 aromatic heterocycles. The van der Waals surface area contributed by atoms with Crippen molar-refractivity contribution in [2.45, 2.75) is 19.4 Å². The van der Waals surface area contributed by atoms with Crippen LogP contribution >= 0.6 is 11.6 Å². The van der Waals surface area contributed by atoms with E-state index in [4.69, 9.17) is 11.6 Å². The highest BCUT2D eigenvalue weighted by molar-refractivity contribution is 6.30. The summed E-state index contributed by atoms with van der Waals surface area (Å²) >= 11 is 5.88. The number of aliphatic imine (C=N–C) groups is 1. The van der Waals surface area contributed by atoms with Gasteiger partial charge in [0.2, 0.25) is 0 Å². The molecule has 0 saturated heterocycles. The molecule has 1 aromatic rings. The molecular formula is C11H13ClN2. The van der Waals surface area contributed by atoms with Crippen LogP contribution in [0.15, 0.2) is 29.3 Å². The molecule has 0 unspecified atom stereocenters. The highest BCUT2D eigenvalue weighted by Crippen LogP contribution is 2.10. The van der Waals surface area contributed by atoms with Crippen LogP contribution < -0.4 is 5.32 Å². The molecule has 1 aliphatic heterocycles. The minimum absolute atomic E-state index is 0.790. The summed E-state index contributed by atoms with van der Waals surface area (Å²) in [5.41, 5.74) is 1.20. The van der Waals surface area contributed by atoms with E-state index in [0.717, 1.165) is 30.4 Å². The van der Waals surface area contributed by atoms with Crippen LogP contribution in [0.2, 0.25) is 5.02 Å². The molecule has 14 heavy (non-hydrogen) atoms. The third-order valence-electron chi connectivity index (χ3n) is 2.26. The Balaban J connectivity index is 1.91. The zero-order valence-electron chi connectivity index (χ0n) is 7.96. The van der Waals surface area contributed by atoms with Gasteiger partial charge < -0.3 is 5.32 Å².